The molecule has 0 fully saturated rings. The van der Waals surface area contributed by atoms with Gasteiger partial charge in [-0.1, -0.05) is 35.3 Å². The van der Waals surface area contributed by atoms with Crippen molar-refractivity contribution in [2.24, 2.45) is 0 Å². The van der Waals surface area contributed by atoms with Gasteiger partial charge in [0.1, 0.15) is 5.82 Å². The third-order valence-corrected chi connectivity index (χ3v) is 4.02. The number of aromatic nitrogens is 2. The molecule has 20 heavy (non-hydrogen) atoms. The normalized spacial score (nSPS) is 11.2. The fraction of sp³-hybridized carbons (Fsp3) is 0.133. The predicted molar refractivity (Wildman–Crippen MR) is 85.4 cm³/mol. The molecular weight excluding hydrogens is 315 g/mol. The van der Waals surface area contributed by atoms with Gasteiger partial charge < -0.3 is 0 Å². The van der Waals surface area contributed by atoms with E-state index in [9.17, 15) is 0 Å². The molecule has 2 nitrogen and oxygen atoms in total. The Balaban J connectivity index is 2.42. The van der Waals surface area contributed by atoms with Crippen LogP contribution in [0.15, 0.2) is 36.4 Å². The van der Waals surface area contributed by atoms with Crippen molar-refractivity contribution in [1.29, 1.82) is 0 Å². The Kier molecular flexibility index (Phi) is 3.63. The Hall–Kier alpha value is -1.22. The van der Waals surface area contributed by atoms with Crippen molar-refractivity contribution in [3.8, 4) is 5.69 Å². The monoisotopic (exact) mass is 324 g/mol. The average molecular weight is 326 g/mol. The summed E-state index contributed by atoms with van der Waals surface area (Å²) in [6, 6.07) is 11.5. The van der Waals surface area contributed by atoms with Crippen molar-refractivity contribution in [3.63, 3.8) is 0 Å². The molecule has 102 valence electrons. The number of fused-ring (bicyclic) bond motifs is 1. The quantitative estimate of drug-likeness (QED) is 0.578. The van der Waals surface area contributed by atoms with Gasteiger partial charge in [0.15, 0.2) is 0 Å². The third kappa shape index (κ3) is 2.18. The van der Waals surface area contributed by atoms with E-state index >= 15 is 0 Å². The number of hydrogen-bond acceptors (Lipinski definition) is 1. The molecule has 3 aromatic rings. The number of nitrogens with zero attached hydrogens (tertiary/aromatic N) is 2. The number of imidazole rings is 1. The van der Waals surface area contributed by atoms with Crippen LogP contribution in [0.1, 0.15) is 11.4 Å². The van der Waals surface area contributed by atoms with Gasteiger partial charge >= 0.3 is 0 Å². The molecule has 0 saturated heterocycles. The zero-order valence-electron chi connectivity index (χ0n) is 10.7. The lowest BCUT2D eigenvalue weighted by Crippen LogP contribution is -2.01. The Labute approximate surface area is 131 Å². The lowest BCUT2D eigenvalue weighted by atomic mass is 10.2. The van der Waals surface area contributed by atoms with Crippen molar-refractivity contribution in [2.45, 2.75) is 12.8 Å². The molecule has 0 aliphatic heterocycles. The number of hydrogen-bond donors (Lipinski definition) is 0. The molecule has 0 N–H and O–H groups in total. The second kappa shape index (κ2) is 5.28. The van der Waals surface area contributed by atoms with E-state index in [0.717, 1.165) is 28.1 Å². The Morgan fingerprint density at radius 3 is 2.65 bits per heavy atom. The van der Waals surface area contributed by atoms with Crippen LogP contribution >= 0.6 is 34.8 Å². The van der Waals surface area contributed by atoms with E-state index in [-0.39, 0.29) is 5.88 Å². The SMILES string of the molecule is Cc1ccc(Cl)c(-n2c(CCl)nc3cccc(Cl)c32)c1. The zero-order chi connectivity index (χ0) is 14.3. The fourth-order valence-corrected chi connectivity index (χ4v) is 2.91. The first kappa shape index (κ1) is 13.7. The van der Waals surface area contributed by atoms with Crippen LogP contribution in [-0.2, 0) is 5.88 Å². The molecule has 0 aliphatic rings. The number of aryl methyl sites for hydroxylation is 1. The van der Waals surface area contributed by atoms with E-state index in [0.29, 0.717) is 10.0 Å². The number of para-hydroxylation sites is 1. The van der Waals surface area contributed by atoms with Gasteiger partial charge in [-0.25, -0.2) is 4.98 Å². The lowest BCUT2D eigenvalue weighted by molar-refractivity contribution is 0.980. The van der Waals surface area contributed by atoms with E-state index in [2.05, 4.69) is 4.98 Å². The van der Waals surface area contributed by atoms with Gasteiger partial charge in [0.2, 0.25) is 0 Å². The van der Waals surface area contributed by atoms with Crippen molar-refractivity contribution in [1.82, 2.24) is 9.55 Å². The summed E-state index contributed by atoms with van der Waals surface area (Å²) in [6.45, 7) is 2.01. The lowest BCUT2D eigenvalue weighted by Gasteiger charge is -2.11. The predicted octanol–water partition coefficient (Wildman–Crippen LogP) is 5.38. The average Bonchev–Trinajstić information content (AvgIpc) is 2.81. The van der Waals surface area contributed by atoms with E-state index in [1.54, 1.807) is 0 Å². The van der Waals surface area contributed by atoms with Crippen LogP contribution in [0.5, 0.6) is 0 Å². The molecule has 0 radical (unpaired) electrons. The van der Waals surface area contributed by atoms with Gasteiger partial charge in [0.25, 0.3) is 0 Å². The van der Waals surface area contributed by atoms with Crippen LogP contribution in [0.25, 0.3) is 16.7 Å². The largest absolute Gasteiger partial charge is 0.292 e. The van der Waals surface area contributed by atoms with Crippen molar-refractivity contribution >= 4 is 45.8 Å². The highest BCUT2D eigenvalue weighted by Gasteiger charge is 2.16. The minimum absolute atomic E-state index is 0.287. The van der Waals surface area contributed by atoms with Crippen LogP contribution in [-0.4, -0.2) is 9.55 Å². The van der Waals surface area contributed by atoms with E-state index in [1.807, 2.05) is 47.9 Å². The maximum absolute atomic E-state index is 6.33. The van der Waals surface area contributed by atoms with Gasteiger partial charge in [-0.15, -0.1) is 11.6 Å². The van der Waals surface area contributed by atoms with Crippen LogP contribution in [0.3, 0.4) is 0 Å². The maximum Gasteiger partial charge on any atom is 0.129 e. The Bertz CT molecular complexity index is 793. The molecular formula is C15H11Cl3N2. The first-order valence-corrected chi connectivity index (χ1v) is 7.39. The Morgan fingerprint density at radius 1 is 1.10 bits per heavy atom. The summed E-state index contributed by atoms with van der Waals surface area (Å²) in [5.74, 6) is 1.01. The maximum atomic E-state index is 6.33. The topological polar surface area (TPSA) is 17.8 Å². The van der Waals surface area contributed by atoms with Crippen molar-refractivity contribution in [3.05, 3.63) is 57.8 Å². The molecule has 0 saturated carbocycles. The van der Waals surface area contributed by atoms with E-state index in [4.69, 9.17) is 34.8 Å². The molecule has 0 bridgehead atoms. The molecule has 2 aromatic carbocycles. The van der Waals surface area contributed by atoms with E-state index < -0.39 is 0 Å². The second-order valence-corrected chi connectivity index (χ2v) is 5.64. The highest BCUT2D eigenvalue weighted by Crippen LogP contribution is 2.32. The first-order chi connectivity index (χ1) is 9.61. The minimum atomic E-state index is 0.287. The summed E-state index contributed by atoms with van der Waals surface area (Å²) in [6.07, 6.45) is 0. The summed E-state index contributed by atoms with van der Waals surface area (Å²) in [7, 11) is 0. The van der Waals surface area contributed by atoms with Crippen molar-refractivity contribution < 1.29 is 0 Å². The summed E-state index contributed by atoms with van der Waals surface area (Å²) in [5.41, 5.74) is 3.60. The third-order valence-electron chi connectivity index (χ3n) is 3.16. The highest BCUT2D eigenvalue weighted by molar-refractivity contribution is 6.35. The summed E-state index contributed by atoms with van der Waals surface area (Å²) < 4.78 is 1.93. The summed E-state index contributed by atoms with van der Waals surface area (Å²) >= 11 is 18.7. The molecule has 0 spiro atoms. The molecule has 3 rings (SSSR count). The van der Waals surface area contributed by atoms with E-state index in [1.165, 1.54) is 0 Å². The number of rotatable bonds is 2. The zero-order valence-corrected chi connectivity index (χ0v) is 13.0. The molecule has 0 amide bonds. The smallest absolute Gasteiger partial charge is 0.129 e. The highest BCUT2D eigenvalue weighted by atomic mass is 35.5. The van der Waals surface area contributed by atoms with Gasteiger partial charge in [0, 0.05) is 0 Å². The molecule has 5 heteroatoms. The Morgan fingerprint density at radius 2 is 1.90 bits per heavy atom. The van der Waals surface area contributed by atoms with Crippen LogP contribution < -0.4 is 0 Å². The molecule has 0 atom stereocenters. The van der Waals surface area contributed by atoms with Gasteiger partial charge in [-0.3, -0.25) is 4.57 Å². The molecule has 0 aliphatic carbocycles. The second-order valence-electron chi connectivity index (χ2n) is 4.56. The van der Waals surface area contributed by atoms with Crippen molar-refractivity contribution in [2.75, 3.05) is 0 Å². The van der Waals surface area contributed by atoms with Gasteiger partial charge in [-0.05, 0) is 36.8 Å². The minimum Gasteiger partial charge on any atom is -0.292 e. The first-order valence-electron chi connectivity index (χ1n) is 6.10. The number of benzene rings is 2. The van der Waals surface area contributed by atoms with Crippen LogP contribution in [0.4, 0.5) is 0 Å². The molecule has 1 heterocycles. The van der Waals surface area contributed by atoms with Crippen LogP contribution in [0.2, 0.25) is 10.0 Å². The van der Waals surface area contributed by atoms with Crippen LogP contribution in [0, 0.1) is 6.92 Å². The molecule has 0 unspecified atom stereocenters. The summed E-state index contributed by atoms with van der Waals surface area (Å²) in [4.78, 5) is 4.53. The molecule has 1 aromatic heterocycles. The van der Waals surface area contributed by atoms with Gasteiger partial charge in [-0.2, -0.15) is 0 Å². The summed E-state index contributed by atoms with van der Waals surface area (Å²) in [5, 5.41) is 1.27. The standard InChI is InChI=1S/C15H11Cl3N2/c1-9-5-6-10(17)13(7-9)20-14(8-16)19-12-4-2-3-11(18)15(12)20/h2-7H,8H2,1H3. The van der Waals surface area contributed by atoms with Gasteiger partial charge in [0.05, 0.1) is 32.6 Å². The number of halogens is 3. The fourth-order valence-electron chi connectivity index (χ4n) is 2.28. The number of alkyl halides is 1.